The van der Waals surface area contributed by atoms with Crippen molar-refractivity contribution in [3.05, 3.63) is 0 Å². The Hall–Kier alpha value is -0.710. The summed E-state index contributed by atoms with van der Waals surface area (Å²) in [5.41, 5.74) is 5.07. The second-order valence-electron chi connectivity index (χ2n) is 5.45. The normalized spacial score (nSPS) is 20.9. The topological polar surface area (TPSA) is 62.8 Å². The van der Waals surface area contributed by atoms with Gasteiger partial charge in [0.1, 0.15) is 0 Å². The van der Waals surface area contributed by atoms with Crippen molar-refractivity contribution in [3.63, 3.8) is 0 Å². The summed E-state index contributed by atoms with van der Waals surface area (Å²) < 4.78 is 0. The maximum Gasteiger partial charge on any atom is 0.165 e. The standard InChI is InChI=1S/C11H22N4S/c1-10(2,3)14-15-11(13-9(12)16)7-5-4-6-8-11/h4-8H2,1-3H3,(H3,12,13,16)/b15-14+. The molecule has 4 nitrogen and oxygen atoms in total. The maximum absolute atomic E-state index is 5.57. The van der Waals surface area contributed by atoms with Gasteiger partial charge < -0.3 is 11.1 Å². The van der Waals surface area contributed by atoms with Crippen LogP contribution in [-0.2, 0) is 0 Å². The SMILES string of the molecule is CC(C)(C)/N=N/C1(NC(N)=S)CCCCC1. The van der Waals surface area contributed by atoms with Crippen molar-refractivity contribution in [1.82, 2.24) is 5.32 Å². The van der Waals surface area contributed by atoms with Crippen LogP contribution < -0.4 is 11.1 Å². The summed E-state index contributed by atoms with van der Waals surface area (Å²) in [6, 6.07) is 0. The van der Waals surface area contributed by atoms with E-state index in [0.29, 0.717) is 5.11 Å². The fourth-order valence-corrected chi connectivity index (χ4v) is 2.05. The Morgan fingerprint density at radius 1 is 1.25 bits per heavy atom. The first kappa shape index (κ1) is 13.4. The van der Waals surface area contributed by atoms with Crippen LogP contribution >= 0.6 is 12.2 Å². The average Bonchev–Trinajstić information content (AvgIpc) is 2.14. The molecule has 3 N–H and O–H groups in total. The van der Waals surface area contributed by atoms with Crippen molar-refractivity contribution in [2.45, 2.75) is 64.1 Å². The summed E-state index contributed by atoms with van der Waals surface area (Å²) >= 11 is 4.92. The molecule has 1 aliphatic rings. The zero-order valence-electron chi connectivity index (χ0n) is 10.4. The second kappa shape index (κ2) is 5.08. The molecule has 0 aliphatic heterocycles. The number of nitrogens with zero attached hydrogens (tertiary/aromatic N) is 2. The summed E-state index contributed by atoms with van der Waals surface area (Å²) in [7, 11) is 0. The molecule has 0 heterocycles. The lowest BCUT2D eigenvalue weighted by atomic mass is 9.90. The van der Waals surface area contributed by atoms with E-state index in [1.807, 2.05) is 20.8 Å². The Kier molecular flexibility index (Phi) is 4.24. The van der Waals surface area contributed by atoms with E-state index in [1.165, 1.54) is 6.42 Å². The largest absolute Gasteiger partial charge is 0.376 e. The summed E-state index contributed by atoms with van der Waals surface area (Å²) in [4.78, 5) is 0. The lowest BCUT2D eigenvalue weighted by Crippen LogP contribution is -2.50. The predicted molar refractivity (Wildman–Crippen MR) is 70.3 cm³/mol. The molecule has 16 heavy (non-hydrogen) atoms. The Balaban J connectivity index is 2.77. The van der Waals surface area contributed by atoms with Gasteiger partial charge in [-0.25, -0.2) is 0 Å². The Morgan fingerprint density at radius 2 is 1.81 bits per heavy atom. The summed E-state index contributed by atoms with van der Waals surface area (Å²) in [6.45, 7) is 6.11. The van der Waals surface area contributed by atoms with Crippen molar-refractivity contribution in [3.8, 4) is 0 Å². The molecule has 0 spiro atoms. The number of rotatable bonds is 2. The predicted octanol–water partition coefficient (Wildman–Crippen LogP) is 2.73. The minimum atomic E-state index is -0.350. The first-order valence-electron chi connectivity index (χ1n) is 5.85. The zero-order valence-corrected chi connectivity index (χ0v) is 11.2. The van der Waals surface area contributed by atoms with Crippen LogP contribution in [0.4, 0.5) is 0 Å². The molecule has 0 aromatic rings. The van der Waals surface area contributed by atoms with Gasteiger partial charge in [-0.1, -0.05) is 6.42 Å². The van der Waals surface area contributed by atoms with Crippen LogP contribution in [0, 0.1) is 0 Å². The van der Waals surface area contributed by atoms with Crippen LogP contribution in [0.15, 0.2) is 10.2 Å². The van der Waals surface area contributed by atoms with Crippen LogP contribution in [0.2, 0.25) is 0 Å². The van der Waals surface area contributed by atoms with Crippen LogP contribution in [0.1, 0.15) is 52.9 Å². The third-order valence-corrected chi connectivity index (χ3v) is 2.68. The van der Waals surface area contributed by atoms with Gasteiger partial charge in [0, 0.05) is 0 Å². The molecule has 1 saturated carbocycles. The van der Waals surface area contributed by atoms with E-state index in [-0.39, 0.29) is 11.2 Å². The van der Waals surface area contributed by atoms with Crippen LogP contribution in [0.25, 0.3) is 0 Å². The van der Waals surface area contributed by atoms with Crippen LogP contribution in [-0.4, -0.2) is 16.3 Å². The molecule has 0 aromatic heterocycles. The Morgan fingerprint density at radius 3 is 2.25 bits per heavy atom. The van der Waals surface area contributed by atoms with Crippen molar-refractivity contribution in [2.75, 3.05) is 0 Å². The highest BCUT2D eigenvalue weighted by molar-refractivity contribution is 7.80. The van der Waals surface area contributed by atoms with E-state index in [4.69, 9.17) is 18.0 Å². The molecule has 92 valence electrons. The highest BCUT2D eigenvalue weighted by atomic mass is 32.1. The van der Waals surface area contributed by atoms with Gasteiger partial charge in [-0.2, -0.15) is 10.2 Å². The van der Waals surface area contributed by atoms with Gasteiger partial charge in [0.25, 0.3) is 0 Å². The van der Waals surface area contributed by atoms with Gasteiger partial charge in [0.15, 0.2) is 10.8 Å². The van der Waals surface area contributed by atoms with Crippen molar-refractivity contribution >= 4 is 17.3 Å². The molecule has 1 fully saturated rings. The van der Waals surface area contributed by atoms with E-state index in [0.717, 1.165) is 25.7 Å². The fourth-order valence-electron chi connectivity index (χ4n) is 1.86. The molecular formula is C11H22N4S. The molecule has 0 radical (unpaired) electrons. The molecular weight excluding hydrogens is 220 g/mol. The van der Waals surface area contributed by atoms with E-state index in [9.17, 15) is 0 Å². The minimum Gasteiger partial charge on any atom is -0.376 e. The van der Waals surface area contributed by atoms with Crippen molar-refractivity contribution < 1.29 is 0 Å². The molecule has 0 bridgehead atoms. The number of hydrogen-bond donors (Lipinski definition) is 2. The van der Waals surface area contributed by atoms with E-state index in [2.05, 4.69) is 15.5 Å². The van der Waals surface area contributed by atoms with Gasteiger partial charge in [-0.05, 0) is 58.7 Å². The molecule has 5 heteroatoms. The van der Waals surface area contributed by atoms with Gasteiger partial charge >= 0.3 is 0 Å². The first-order chi connectivity index (χ1) is 7.33. The maximum atomic E-state index is 5.57. The van der Waals surface area contributed by atoms with E-state index >= 15 is 0 Å². The smallest absolute Gasteiger partial charge is 0.165 e. The summed E-state index contributed by atoms with van der Waals surface area (Å²) in [5.74, 6) is 0. The molecule has 0 atom stereocenters. The molecule has 1 aliphatic carbocycles. The minimum absolute atomic E-state index is 0.150. The van der Waals surface area contributed by atoms with Gasteiger partial charge in [-0.3, -0.25) is 0 Å². The Bertz CT molecular complexity index is 274. The second-order valence-corrected chi connectivity index (χ2v) is 5.89. The molecule has 0 amide bonds. The number of thiocarbonyl (C=S) groups is 1. The lowest BCUT2D eigenvalue weighted by molar-refractivity contribution is 0.256. The quantitative estimate of drug-likeness (QED) is 0.578. The highest BCUT2D eigenvalue weighted by Gasteiger charge is 2.32. The average molecular weight is 242 g/mol. The summed E-state index contributed by atoms with van der Waals surface area (Å²) in [5, 5.41) is 12.3. The molecule has 0 aromatic carbocycles. The molecule has 1 rings (SSSR count). The van der Waals surface area contributed by atoms with Crippen molar-refractivity contribution in [2.24, 2.45) is 16.0 Å². The lowest BCUT2D eigenvalue weighted by Gasteiger charge is -2.34. The zero-order chi connectivity index (χ0) is 12.2. The van der Waals surface area contributed by atoms with Crippen LogP contribution in [0.3, 0.4) is 0 Å². The molecule has 0 unspecified atom stereocenters. The number of azo groups is 1. The molecule has 0 saturated heterocycles. The van der Waals surface area contributed by atoms with Gasteiger partial charge in [-0.15, -0.1) is 0 Å². The fraction of sp³-hybridized carbons (Fsp3) is 0.909. The van der Waals surface area contributed by atoms with E-state index in [1.54, 1.807) is 0 Å². The van der Waals surface area contributed by atoms with Crippen LogP contribution in [0.5, 0.6) is 0 Å². The van der Waals surface area contributed by atoms with Gasteiger partial charge in [0.2, 0.25) is 0 Å². The first-order valence-corrected chi connectivity index (χ1v) is 6.26. The van der Waals surface area contributed by atoms with Gasteiger partial charge in [0.05, 0.1) is 5.54 Å². The van der Waals surface area contributed by atoms with Crippen molar-refractivity contribution in [1.29, 1.82) is 0 Å². The highest BCUT2D eigenvalue weighted by Crippen LogP contribution is 2.30. The number of hydrogen-bond acceptors (Lipinski definition) is 3. The van der Waals surface area contributed by atoms with E-state index < -0.39 is 0 Å². The number of nitrogens with one attached hydrogen (secondary N) is 1. The third kappa shape index (κ3) is 4.43. The Labute approximate surface area is 103 Å². The summed E-state index contributed by atoms with van der Waals surface area (Å²) in [6.07, 6.45) is 5.48. The monoisotopic (exact) mass is 242 g/mol. The third-order valence-electron chi connectivity index (χ3n) is 2.58. The number of nitrogens with two attached hydrogens (primary N) is 1.